The number of esters is 1. The fourth-order valence-electron chi connectivity index (χ4n) is 5.10. The van der Waals surface area contributed by atoms with Gasteiger partial charge in [0.15, 0.2) is 0 Å². The molecule has 0 unspecified atom stereocenters. The highest BCUT2D eigenvalue weighted by Crippen LogP contribution is 2.32. The highest BCUT2D eigenvalue weighted by Gasteiger charge is 2.18. The summed E-state index contributed by atoms with van der Waals surface area (Å²) in [4.78, 5) is 12.5. The molecule has 4 heteroatoms. The van der Waals surface area contributed by atoms with Gasteiger partial charge in [-0.1, -0.05) is 77.4 Å². The Bertz CT molecular complexity index is 924. The molecule has 1 aliphatic rings. The molecule has 0 heterocycles. The third-order valence-electron chi connectivity index (χ3n) is 7.50. The van der Waals surface area contributed by atoms with Crippen molar-refractivity contribution in [2.45, 2.75) is 97.3 Å². The second-order valence-corrected chi connectivity index (χ2v) is 10.7. The molecular formula is C34H48O4. The predicted octanol–water partition coefficient (Wildman–Crippen LogP) is 9.58. The van der Waals surface area contributed by atoms with Crippen molar-refractivity contribution in [1.29, 1.82) is 0 Å². The summed E-state index contributed by atoms with van der Waals surface area (Å²) < 4.78 is 17.2. The molecule has 38 heavy (non-hydrogen) atoms. The minimum Gasteiger partial charge on any atom is -0.494 e. The Hall–Kier alpha value is -2.75. The lowest BCUT2D eigenvalue weighted by Crippen LogP contribution is -2.13. The highest BCUT2D eigenvalue weighted by atomic mass is 16.5. The Morgan fingerprint density at radius 3 is 2.05 bits per heavy atom. The molecule has 2 aromatic carbocycles. The van der Waals surface area contributed by atoms with Gasteiger partial charge in [-0.25, -0.2) is 4.79 Å². The van der Waals surface area contributed by atoms with Crippen LogP contribution < -0.4 is 14.2 Å². The number of allylic oxidation sites excluding steroid dienone is 1. The van der Waals surface area contributed by atoms with Gasteiger partial charge in [-0.2, -0.15) is 0 Å². The molecule has 0 aromatic heterocycles. The van der Waals surface area contributed by atoms with Crippen LogP contribution >= 0.6 is 0 Å². The van der Waals surface area contributed by atoms with Crippen molar-refractivity contribution in [3.8, 4) is 17.2 Å². The molecule has 2 aromatic rings. The molecule has 0 N–H and O–H groups in total. The largest absolute Gasteiger partial charge is 0.494 e. The molecule has 0 radical (unpaired) electrons. The smallest absolute Gasteiger partial charge is 0.343 e. The summed E-state index contributed by atoms with van der Waals surface area (Å²) in [7, 11) is 0. The number of unbranched alkanes of at least 4 members (excludes halogenated alkanes) is 6. The zero-order valence-corrected chi connectivity index (χ0v) is 23.7. The van der Waals surface area contributed by atoms with Crippen LogP contribution in [0.5, 0.6) is 17.2 Å². The van der Waals surface area contributed by atoms with Crippen molar-refractivity contribution in [1.82, 2.24) is 0 Å². The Kier molecular flexibility index (Phi) is 13.9. The molecule has 1 fully saturated rings. The van der Waals surface area contributed by atoms with Gasteiger partial charge >= 0.3 is 5.97 Å². The molecule has 0 atom stereocenters. The first-order valence-corrected chi connectivity index (χ1v) is 15.0. The van der Waals surface area contributed by atoms with Crippen LogP contribution in [0.2, 0.25) is 0 Å². The summed E-state index contributed by atoms with van der Waals surface area (Å²) in [6, 6.07) is 14.4. The van der Waals surface area contributed by atoms with E-state index in [1.54, 1.807) is 24.3 Å². The first-order chi connectivity index (χ1) is 18.7. The molecule has 1 saturated carbocycles. The number of benzene rings is 2. The van der Waals surface area contributed by atoms with Gasteiger partial charge in [-0.3, -0.25) is 0 Å². The molecule has 0 saturated heterocycles. The first-order valence-electron chi connectivity index (χ1n) is 15.0. The number of rotatable bonds is 17. The molecule has 0 aliphatic heterocycles. The fourth-order valence-corrected chi connectivity index (χ4v) is 5.10. The number of carbonyl (C=O) groups excluding carboxylic acids is 1. The lowest BCUT2D eigenvalue weighted by atomic mass is 9.79. The lowest BCUT2D eigenvalue weighted by Gasteiger charge is -2.26. The number of hydrogen-bond donors (Lipinski definition) is 0. The van der Waals surface area contributed by atoms with Crippen LogP contribution in [0.25, 0.3) is 0 Å². The van der Waals surface area contributed by atoms with Crippen molar-refractivity contribution in [2.24, 2.45) is 11.8 Å². The quantitative estimate of drug-likeness (QED) is 0.0901. The molecule has 0 amide bonds. The monoisotopic (exact) mass is 520 g/mol. The van der Waals surface area contributed by atoms with Gasteiger partial charge in [0.2, 0.25) is 0 Å². The molecule has 1 aliphatic carbocycles. The van der Waals surface area contributed by atoms with E-state index in [4.69, 9.17) is 14.2 Å². The van der Waals surface area contributed by atoms with E-state index in [1.165, 1.54) is 77.0 Å². The second kappa shape index (κ2) is 17.7. The second-order valence-electron chi connectivity index (χ2n) is 10.7. The SMILES string of the molecule is CCCCCCCOc1ccc(C(=O)Oc2ccc(OC/C=C/C3CCC(CCCCC)CC3)cc2)cc1. The van der Waals surface area contributed by atoms with Gasteiger partial charge in [0, 0.05) is 0 Å². The van der Waals surface area contributed by atoms with Crippen LogP contribution in [-0.4, -0.2) is 19.2 Å². The van der Waals surface area contributed by atoms with Crippen molar-refractivity contribution in [2.75, 3.05) is 13.2 Å². The Morgan fingerprint density at radius 2 is 1.34 bits per heavy atom. The van der Waals surface area contributed by atoms with Crippen molar-refractivity contribution in [3.63, 3.8) is 0 Å². The third kappa shape index (κ3) is 11.3. The van der Waals surface area contributed by atoms with Gasteiger partial charge in [0.1, 0.15) is 23.9 Å². The van der Waals surface area contributed by atoms with E-state index in [0.717, 1.165) is 23.8 Å². The maximum atomic E-state index is 12.5. The van der Waals surface area contributed by atoms with Gasteiger partial charge in [-0.05, 0) is 92.5 Å². The van der Waals surface area contributed by atoms with E-state index in [1.807, 2.05) is 24.3 Å². The number of ether oxygens (including phenoxy) is 3. The summed E-state index contributed by atoms with van der Waals surface area (Å²) in [5.41, 5.74) is 0.501. The summed E-state index contributed by atoms with van der Waals surface area (Å²) in [5, 5.41) is 0. The van der Waals surface area contributed by atoms with E-state index < -0.39 is 0 Å². The summed E-state index contributed by atoms with van der Waals surface area (Å²) in [6.45, 7) is 5.76. The van der Waals surface area contributed by atoms with Gasteiger partial charge < -0.3 is 14.2 Å². The minimum atomic E-state index is -0.382. The van der Waals surface area contributed by atoms with Crippen LogP contribution in [0.4, 0.5) is 0 Å². The average molecular weight is 521 g/mol. The summed E-state index contributed by atoms with van der Waals surface area (Å²) in [6.07, 6.45) is 21.4. The Balaban J connectivity index is 1.32. The normalized spacial score (nSPS) is 17.4. The van der Waals surface area contributed by atoms with E-state index in [2.05, 4.69) is 26.0 Å². The van der Waals surface area contributed by atoms with Crippen LogP contribution in [0.3, 0.4) is 0 Å². The molecule has 0 spiro atoms. The zero-order valence-electron chi connectivity index (χ0n) is 23.7. The molecule has 208 valence electrons. The van der Waals surface area contributed by atoms with Crippen LogP contribution in [0.1, 0.15) is 108 Å². The maximum Gasteiger partial charge on any atom is 0.343 e. The average Bonchev–Trinajstić information content (AvgIpc) is 2.95. The van der Waals surface area contributed by atoms with Crippen molar-refractivity contribution >= 4 is 5.97 Å². The van der Waals surface area contributed by atoms with Crippen LogP contribution in [0.15, 0.2) is 60.7 Å². The third-order valence-corrected chi connectivity index (χ3v) is 7.50. The standard InChI is InChI=1S/C34H48O4/c1-3-5-7-8-10-26-36-31-20-18-30(19-21-31)34(35)38-33-24-22-32(23-25-33)37-27-11-13-29-16-14-28(15-17-29)12-9-6-4-2/h11,13,18-25,28-29H,3-10,12,14-17,26-27H2,1-2H3/b13-11+. The Morgan fingerprint density at radius 1 is 0.737 bits per heavy atom. The van der Waals surface area contributed by atoms with E-state index in [-0.39, 0.29) is 5.97 Å². The lowest BCUT2D eigenvalue weighted by molar-refractivity contribution is 0.0734. The fraction of sp³-hybridized carbons (Fsp3) is 0.559. The van der Waals surface area contributed by atoms with E-state index in [0.29, 0.717) is 30.4 Å². The minimum absolute atomic E-state index is 0.382. The number of carbonyl (C=O) groups is 1. The molecule has 4 nitrogen and oxygen atoms in total. The maximum absolute atomic E-state index is 12.5. The number of hydrogen-bond acceptors (Lipinski definition) is 4. The van der Waals surface area contributed by atoms with Crippen molar-refractivity contribution < 1.29 is 19.0 Å². The first kappa shape index (κ1) is 29.8. The molecule has 0 bridgehead atoms. The van der Waals surface area contributed by atoms with Gasteiger partial charge in [0.05, 0.1) is 12.2 Å². The predicted molar refractivity (Wildman–Crippen MR) is 156 cm³/mol. The molecular weight excluding hydrogens is 472 g/mol. The summed E-state index contributed by atoms with van der Waals surface area (Å²) >= 11 is 0. The van der Waals surface area contributed by atoms with Crippen molar-refractivity contribution in [3.05, 3.63) is 66.2 Å². The van der Waals surface area contributed by atoms with Gasteiger partial charge in [-0.15, -0.1) is 0 Å². The highest BCUT2D eigenvalue weighted by molar-refractivity contribution is 5.91. The topological polar surface area (TPSA) is 44.8 Å². The molecule has 3 rings (SSSR count). The summed E-state index contributed by atoms with van der Waals surface area (Å²) in [5.74, 6) is 3.30. The van der Waals surface area contributed by atoms with E-state index >= 15 is 0 Å². The zero-order chi connectivity index (χ0) is 26.8. The Labute approximate surface area is 230 Å². The van der Waals surface area contributed by atoms with Gasteiger partial charge in [0.25, 0.3) is 0 Å². The van der Waals surface area contributed by atoms with E-state index in [9.17, 15) is 4.79 Å². The van der Waals surface area contributed by atoms with Crippen LogP contribution in [0, 0.1) is 11.8 Å². The van der Waals surface area contributed by atoms with Crippen LogP contribution in [-0.2, 0) is 0 Å².